The fourth-order valence-corrected chi connectivity index (χ4v) is 1.89. The molecule has 0 N–H and O–H groups in total. The molecule has 1 saturated heterocycles. The zero-order valence-electron chi connectivity index (χ0n) is 8.24. The average Bonchev–Trinajstić information content (AvgIpc) is 2.12. The molecule has 0 radical (unpaired) electrons. The van der Waals surface area contributed by atoms with Crippen LogP contribution in [0, 0.1) is 16.7 Å². The van der Waals surface area contributed by atoms with Crippen LogP contribution < -0.4 is 0 Å². The van der Waals surface area contributed by atoms with E-state index in [1.165, 1.54) is 16.7 Å². The normalized spacial score (nSPS) is 18.2. The lowest BCUT2D eigenvalue weighted by Gasteiger charge is -2.29. The maximum Gasteiger partial charge on any atom is 0.239 e. The topological polar surface area (TPSA) is 61.2 Å². The Morgan fingerprint density at radius 1 is 1.43 bits per heavy atom. The second kappa shape index (κ2) is 4.01. The predicted molar refractivity (Wildman–Crippen MR) is 53.4 cm³/mol. The fraction of sp³-hybridized carbons (Fsp3) is 0.667. The maximum absolute atomic E-state index is 11.4. The number of nitrogens with zero attached hydrogens (tertiary/aromatic N) is 2. The van der Waals surface area contributed by atoms with Crippen LogP contribution >= 0.6 is 11.8 Å². The van der Waals surface area contributed by atoms with Gasteiger partial charge >= 0.3 is 0 Å². The Balaban J connectivity index is 2.71. The monoisotopic (exact) mass is 212 g/mol. The molecule has 14 heavy (non-hydrogen) atoms. The van der Waals surface area contributed by atoms with E-state index in [0.29, 0.717) is 11.5 Å². The van der Waals surface area contributed by atoms with Crippen LogP contribution in [0.1, 0.15) is 13.8 Å². The molecule has 1 rings (SSSR count). The Morgan fingerprint density at radius 3 is 2.36 bits per heavy atom. The standard InChI is InChI=1S/C9H12N2O2S/c1-9(2,5-10)6-11-7(12)3-14-4-8(11)13/h3-4,6H2,1-2H3. The van der Waals surface area contributed by atoms with Gasteiger partial charge in [-0.2, -0.15) is 5.26 Å². The van der Waals surface area contributed by atoms with Crippen molar-refractivity contribution in [2.45, 2.75) is 13.8 Å². The number of carbonyl (C=O) groups excluding carboxylic acids is 2. The van der Waals surface area contributed by atoms with Crippen LogP contribution in [0.5, 0.6) is 0 Å². The van der Waals surface area contributed by atoms with E-state index in [9.17, 15) is 9.59 Å². The van der Waals surface area contributed by atoms with Gasteiger partial charge in [-0.25, -0.2) is 0 Å². The van der Waals surface area contributed by atoms with Crippen LogP contribution in [0.3, 0.4) is 0 Å². The molecule has 1 heterocycles. The Kier molecular flexibility index (Phi) is 3.17. The van der Waals surface area contributed by atoms with Crippen molar-refractivity contribution in [3.05, 3.63) is 0 Å². The molecular weight excluding hydrogens is 200 g/mol. The van der Waals surface area contributed by atoms with Gasteiger partial charge in [-0.1, -0.05) is 0 Å². The largest absolute Gasteiger partial charge is 0.280 e. The van der Waals surface area contributed by atoms with Gasteiger partial charge in [0.2, 0.25) is 11.8 Å². The molecule has 1 aliphatic rings. The first-order valence-electron chi connectivity index (χ1n) is 4.28. The smallest absolute Gasteiger partial charge is 0.239 e. The molecule has 0 aromatic heterocycles. The number of hydrogen-bond donors (Lipinski definition) is 0. The minimum absolute atomic E-state index is 0.186. The van der Waals surface area contributed by atoms with Gasteiger partial charge in [0.25, 0.3) is 0 Å². The zero-order valence-corrected chi connectivity index (χ0v) is 9.06. The summed E-state index contributed by atoms with van der Waals surface area (Å²) in [5, 5.41) is 8.79. The van der Waals surface area contributed by atoms with Crippen molar-refractivity contribution < 1.29 is 9.59 Å². The molecule has 0 bridgehead atoms. The number of carbonyl (C=O) groups is 2. The van der Waals surface area contributed by atoms with Crippen LogP contribution in [0.4, 0.5) is 0 Å². The van der Waals surface area contributed by atoms with E-state index in [0.717, 1.165) is 0 Å². The van der Waals surface area contributed by atoms with Crippen molar-refractivity contribution in [2.24, 2.45) is 5.41 Å². The van der Waals surface area contributed by atoms with Crippen LogP contribution in [0.15, 0.2) is 0 Å². The van der Waals surface area contributed by atoms with Crippen LogP contribution in [0.2, 0.25) is 0 Å². The van der Waals surface area contributed by atoms with E-state index in [1.54, 1.807) is 13.8 Å². The highest BCUT2D eigenvalue weighted by Gasteiger charge is 2.31. The molecule has 0 atom stereocenters. The molecule has 5 heteroatoms. The summed E-state index contributed by atoms with van der Waals surface area (Å²) in [6, 6.07) is 2.08. The molecule has 0 spiro atoms. The van der Waals surface area contributed by atoms with Crippen LogP contribution in [-0.4, -0.2) is 34.8 Å². The Bertz CT molecular complexity index is 290. The van der Waals surface area contributed by atoms with Gasteiger partial charge in [0, 0.05) is 6.54 Å². The third kappa shape index (κ3) is 2.48. The zero-order chi connectivity index (χ0) is 10.8. The number of hydrogen-bond acceptors (Lipinski definition) is 4. The molecule has 0 unspecified atom stereocenters. The quantitative estimate of drug-likeness (QED) is 0.630. The highest BCUT2D eigenvalue weighted by molar-refractivity contribution is 8.00. The lowest BCUT2D eigenvalue weighted by molar-refractivity contribution is -0.143. The van der Waals surface area contributed by atoms with Crippen molar-refractivity contribution in [3.8, 4) is 6.07 Å². The summed E-state index contributed by atoms with van der Waals surface area (Å²) in [6.07, 6.45) is 0. The predicted octanol–water partition coefficient (Wildman–Crippen LogP) is 0.638. The summed E-state index contributed by atoms with van der Waals surface area (Å²) in [6.45, 7) is 3.63. The number of nitriles is 1. The Hall–Kier alpha value is -1.02. The summed E-state index contributed by atoms with van der Waals surface area (Å²) < 4.78 is 0. The van der Waals surface area contributed by atoms with E-state index in [-0.39, 0.29) is 18.4 Å². The third-order valence-electron chi connectivity index (χ3n) is 1.91. The van der Waals surface area contributed by atoms with Gasteiger partial charge in [0.1, 0.15) is 0 Å². The second-order valence-electron chi connectivity index (χ2n) is 3.86. The summed E-state index contributed by atoms with van der Waals surface area (Å²) in [4.78, 5) is 23.9. The molecule has 76 valence electrons. The van der Waals surface area contributed by atoms with Gasteiger partial charge in [-0.05, 0) is 13.8 Å². The maximum atomic E-state index is 11.4. The van der Waals surface area contributed by atoms with Crippen molar-refractivity contribution in [1.29, 1.82) is 5.26 Å². The van der Waals surface area contributed by atoms with Gasteiger partial charge in [-0.3, -0.25) is 14.5 Å². The molecule has 0 aromatic rings. The number of amides is 2. The van der Waals surface area contributed by atoms with E-state index in [4.69, 9.17) is 5.26 Å². The van der Waals surface area contributed by atoms with Gasteiger partial charge in [-0.15, -0.1) is 11.8 Å². The molecule has 2 amide bonds. The molecule has 4 nitrogen and oxygen atoms in total. The van der Waals surface area contributed by atoms with E-state index in [1.807, 2.05) is 0 Å². The highest BCUT2D eigenvalue weighted by Crippen LogP contribution is 2.20. The van der Waals surface area contributed by atoms with E-state index >= 15 is 0 Å². The van der Waals surface area contributed by atoms with Crippen molar-refractivity contribution in [3.63, 3.8) is 0 Å². The highest BCUT2D eigenvalue weighted by atomic mass is 32.2. The van der Waals surface area contributed by atoms with E-state index < -0.39 is 5.41 Å². The summed E-state index contributed by atoms with van der Waals surface area (Å²) in [5.74, 6) is 0.310. The number of imide groups is 1. The first-order chi connectivity index (χ1) is 6.46. The first-order valence-corrected chi connectivity index (χ1v) is 5.44. The van der Waals surface area contributed by atoms with Crippen LogP contribution in [-0.2, 0) is 9.59 Å². The summed E-state index contributed by atoms with van der Waals surface area (Å²) in [5.41, 5.74) is -0.659. The van der Waals surface area contributed by atoms with Crippen LogP contribution in [0.25, 0.3) is 0 Å². The average molecular weight is 212 g/mol. The Labute approximate surface area is 87.3 Å². The molecule has 1 fully saturated rings. The minimum Gasteiger partial charge on any atom is -0.280 e. The molecule has 1 aliphatic heterocycles. The SMILES string of the molecule is CC(C)(C#N)CN1C(=O)CSCC1=O. The third-order valence-corrected chi connectivity index (χ3v) is 2.81. The summed E-state index contributed by atoms with van der Waals surface area (Å²) in [7, 11) is 0. The molecule has 0 aromatic carbocycles. The number of thioether (sulfide) groups is 1. The lowest BCUT2D eigenvalue weighted by Crippen LogP contribution is -2.47. The second-order valence-corrected chi connectivity index (χ2v) is 4.85. The van der Waals surface area contributed by atoms with Gasteiger partial charge in [0.05, 0.1) is 23.0 Å². The molecular formula is C9H12N2O2S. The number of rotatable bonds is 2. The Morgan fingerprint density at radius 2 is 1.93 bits per heavy atom. The van der Waals surface area contributed by atoms with Crippen molar-refractivity contribution in [1.82, 2.24) is 4.90 Å². The molecule has 0 aliphatic carbocycles. The van der Waals surface area contributed by atoms with E-state index in [2.05, 4.69) is 6.07 Å². The first kappa shape index (κ1) is 11.1. The van der Waals surface area contributed by atoms with Crippen molar-refractivity contribution in [2.75, 3.05) is 18.1 Å². The minimum atomic E-state index is -0.659. The fourth-order valence-electron chi connectivity index (χ4n) is 1.13. The van der Waals surface area contributed by atoms with Gasteiger partial charge in [0.15, 0.2) is 0 Å². The molecule has 0 saturated carbocycles. The van der Waals surface area contributed by atoms with Crippen molar-refractivity contribution >= 4 is 23.6 Å². The van der Waals surface area contributed by atoms with Gasteiger partial charge < -0.3 is 0 Å². The lowest BCUT2D eigenvalue weighted by atomic mass is 9.95. The summed E-state index contributed by atoms with van der Waals surface area (Å²) >= 11 is 1.32.